The highest BCUT2D eigenvalue weighted by atomic mass is 16.6. The second-order valence-corrected chi connectivity index (χ2v) is 9.24. The van der Waals surface area contributed by atoms with E-state index in [2.05, 4.69) is 18.0 Å². The Morgan fingerprint density at radius 3 is 2.00 bits per heavy atom. The molecule has 2 unspecified atom stereocenters. The molecule has 1 aromatic heterocycles. The van der Waals surface area contributed by atoms with Crippen molar-refractivity contribution >= 4 is 39.5 Å². The van der Waals surface area contributed by atoms with Crippen molar-refractivity contribution in [3.63, 3.8) is 0 Å². The summed E-state index contributed by atoms with van der Waals surface area (Å²) >= 11 is 0. The standard InChI is InChI=1S/C31H29NO7/c1-4-36-29(34)31(30(35)37-5-2)19(3)26(27(32-31)25-15-10-16-38-25)28(33)39-18-24-22-13-8-6-11-20(22)17-21-12-7-9-14-23(21)24/h6-17,26-27,32H,3-5,18H2,1-2H3. The predicted molar refractivity (Wildman–Crippen MR) is 144 cm³/mol. The van der Waals surface area contributed by atoms with E-state index in [0.29, 0.717) is 5.76 Å². The number of rotatable bonds is 8. The number of hydrogen-bond donors (Lipinski definition) is 1. The summed E-state index contributed by atoms with van der Waals surface area (Å²) < 4.78 is 22.0. The van der Waals surface area contributed by atoms with Gasteiger partial charge in [0.05, 0.1) is 25.5 Å². The van der Waals surface area contributed by atoms with E-state index in [4.69, 9.17) is 18.6 Å². The molecule has 2 heterocycles. The fourth-order valence-electron chi connectivity index (χ4n) is 5.26. The summed E-state index contributed by atoms with van der Waals surface area (Å²) in [6.45, 7) is 7.28. The van der Waals surface area contributed by atoms with Crippen molar-refractivity contribution in [2.45, 2.75) is 32.0 Å². The Morgan fingerprint density at radius 1 is 0.872 bits per heavy atom. The highest BCUT2D eigenvalue weighted by Gasteiger charge is 2.63. The number of esters is 3. The van der Waals surface area contributed by atoms with E-state index in [1.807, 2.05) is 48.5 Å². The lowest BCUT2D eigenvalue weighted by atomic mass is 9.85. The van der Waals surface area contributed by atoms with Gasteiger partial charge >= 0.3 is 17.9 Å². The highest BCUT2D eigenvalue weighted by molar-refractivity contribution is 6.11. The highest BCUT2D eigenvalue weighted by Crippen LogP contribution is 2.44. The van der Waals surface area contributed by atoms with E-state index in [-0.39, 0.29) is 25.4 Å². The Bertz CT molecular complexity index is 1480. The van der Waals surface area contributed by atoms with Crippen molar-refractivity contribution in [3.05, 3.63) is 96.5 Å². The van der Waals surface area contributed by atoms with Crippen molar-refractivity contribution in [2.24, 2.45) is 5.92 Å². The molecular weight excluding hydrogens is 498 g/mol. The van der Waals surface area contributed by atoms with Gasteiger partial charge in [0.1, 0.15) is 18.3 Å². The van der Waals surface area contributed by atoms with Gasteiger partial charge in [-0.1, -0.05) is 55.1 Å². The second kappa shape index (κ2) is 10.7. The Kier molecular flexibility index (Phi) is 7.21. The average molecular weight is 528 g/mol. The van der Waals surface area contributed by atoms with Gasteiger partial charge in [-0.05, 0) is 59.2 Å². The molecule has 8 heteroatoms. The molecule has 1 aliphatic rings. The lowest BCUT2D eigenvalue weighted by Gasteiger charge is -2.26. The smallest absolute Gasteiger partial charge is 0.342 e. The van der Waals surface area contributed by atoms with Gasteiger partial charge in [-0.25, -0.2) is 9.59 Å². The average Bonchev–Trinajstić information content (AvgIpc) is 3.58. The van der Waals surface area contributed by atoms with Crippen molar-refractivity contribution in [3.8, 4) is 0 Å². The third kappa shape index (κ3) is 4.46. The van der Waals surface area contributed by atoms with Gasteiger partial charge in [0.25, 0.3) is 0 Å². The van der Waals surface area contributed by atoms with E-state index >= 15 is 0 Å². The number of carbonyl (C=O) groups excluding carboxylic acids is 3. The maximum absolute atomic E-state index is 13.8. The molecule has 1 aliphatic heterocycles. The van der Waals surface area contributed by atoms with E-state index in [1.54, 1.807) is 26.0 Å². The number of hydrogen-bond acceptors (Lipinski definition) is 8. The van der Waals surface area contributed by atoms with E-state index in [9.17, 15) is 14.4 Å². The fraction of sp³-hybridized carbons (Fsp3) is 0.258. The summed E-state index contributed by atoms with van der Waals surface area (Å²) in [6, 6.07) is 20.3. The van der Waals surface area contributed by atoms with Crippen LogP contribution in [0.4, 0.5) is 0 Å². The molecule has 0 radical (unpaired) electrons. The first kappa shape index (κ1) is 26.2. The van der Waals surface area contributed by atoms with Crippen LogP contribution in [0.1, 0.15) is 31.2 Å². The van der Waals surface area contributed by atoms with Crippen molar-refractivity contribution in [1.82, 2.24) is 5.32 Å². The molecule has 0 bridgehead atoms. The minimum absolute atomic E-state index is 0.0175. The molecular formula is C31H29NO7. The van der Waals surface area contributed by atoms with Crippen LogP contribution in [-0.2, 0) is 35.2 Å². The molecule has 8 nitrogen and oxygen atoms in total. The number of nitrogens with one attached hydrogen (secondary N) is 1. The number of ether oxygens (including phenoxy) is 3. The van der Waals surface area contributed by atoms with Crippen molar-refractivity contribution in [2.75, 3.05) is 13.2 Å². The summed E-state index contributed by atoms with van der Waals surface area (Å²) in [4.78, 5) is 40.2. The Morgan fingerprint density at radius 2 is 1.46 bits per heavy atom. The van der Waals surface area contributed by atoms with Crippen LogP contribution < -0.4 is 5.32 Å². The summed E-state index contributed by atoms with van der Waals surface area (Å²) in [5.41, 5.74) is -1.27. The van der Waals surface area contributed by atoms with Gasteiger partial charge in [0.2, 0.25) is 5.54 Å². The SMILES string of the molecule is C=C1C(C(=O)OCc2c3ccccc3cc3ccccc23)C(c2ccco2)NC1(C(=O)OCC)C(=O)OCC. The molecule has 2 atom stereocenters. The Hall–Kier alpha value is -4.43. The quantitative estimate of drug-likeness (QED) is 0.112. The van der Waals surface area contributed by atoms with Crippen LogP contribution in [0, 0.1) is 5.92 Å². The Balaban J connectivity index is 1.53. The first-order valence-corrected chi connectivity index (χ1v) is 12.8. The van der Waals surface area contributed by atoms with Crippen LogP contribution in [0.3, 0.4) is 0 Å². The van der Waals surface area contributed by atoms with Crippen LogP contribution >= 0.6 is 0 Å². The monoisotopic (exact) mass is 527 g/mol. The van der Waals surface area contributed by atoms with E-state index < -0.39 is 35.4 Å². The number of furan rings is 1. The molecule has 200 valence electrons. The zero-order valence-electron chi connectivity index (χ0n) is 21.8. The zero-order chi connectivity index (χ0) is 27.6. The number of benzene rings is 3. The van der Waals surface area contributed by atoms with Gasteiger partial charge in [-0.2, -0.15) is 0 Å². The lowest BCUT2D eigenvalue weighted by molar-refractivity contribution is -0.163. The lowest BCUT2D eigenvalue weighted by Crippen LogP contribution is -2.57. The fourth-order valence-corrected chi connectivity index (χ4v) is 5.26. The minimum atomic E-state index is -2.10. The molecule has 5 rings (SSSR count). The largest absolute Gasteiger partial charge is 0.468 e. The summed E-state index contributed by atoms with van der Waals surface area (Å²) in [6.07, 6.45) is 1.44. The summed E-state index contributed by atoms with van der Waals surface area (Å²) in [5, 5.41) is 6.93. The second-order valence-electron chi connectivity index (χ2n) is 9.24. The molecule has 1 fully saturated rings. The van der Waals surface area contributed by atoms with Gasteiger partial charge in [-0.3, -0.25) is 10.1 Å². The minimum Gasteiger partial charge on any atom is -0.468 e. The molecule has 0 saturated carbocycles. The molecule has 39 heavy (non-hydrogen) atoms. The molecule has 3 aromatic carbocycles. The van der Waals surface area contributed by atoms with E-state index in [0.717, 1.165) is 27.1 Å². The normalized spacial score (nSPS) is 18.3. The summed E-state index contributed by atoms with van der Waals surface area (Å²) in [5.74, 6) is -3.27. The van der Waals surface area contributed by atoms with Crippen LogP contribution in [0.25, 0.3) is 21.5 Å². The number of fused-ring (bicyclic) bond motifs is 2. The third-order valence-corrected chi connectivity index (χ3v) is 7.07. The van der Waals surface area contributed by atoms with Crippen molar-refractivity contribution in [1.29, 1.82) is 0 Å². The zero-order valence-corrected chi connectivity index (χ0v) is 21.8. The number of carbonyl (C=O) groups is 3. The van der Waals surface area contributed by atoms with Crippen LogP contribution in [0.15, 0.2) is 89.6 Å². The maximum atomic E-state index is 13.8. The van der Waals surface area contributed by atoms with Gasteiger partial charge in [0, 0.05) is 5.56 Å². The summed E-state index contributed by atoms with van der Waals surface area (Å²) in [7, 11) is 0. The van der Waals surface area contributed by atoms with Gasteiger partial charge < -0.3 is 18.6 Å². The topological polar surface area (TPSA) is 104 Å². The molecule has 0 aliphatic carbocycles. The van der Waals surface area contributed by atoms with Gasteiger partial charge in [-0.15, -0.1) is 0 Å². The maximum Gasteiger partial charge on any atom is 0.342 e. The molecule has 1 saturated heterocycles. The van der Waals surface area contributed by atoms with Crippen molar-refractivity contribution < 1.29 is 33.0 Å². The van der Waals surface area contributed by atoms with Crippen LogP contribution in [0.2, 0.25) is 0 Å². The van der Waals surface area contributed by atoms with Crippen LogP contribution in [0.5, 0.6) is 0 Å². The first-order chi connectivity index (χ1) is 18.9. The molecule has 1 N–H and O–H groups in total. The molecule has 0 amide bonds. The predicted octanol–water partition coefficient (Wildman–Crippen LogP) is 5.01. The van der Waals surface area contributed by atoms with Gasteiger partial charge in [0.15, 0.2) is 0 Å². The molecule has 4 aromatic rings. The third-order valence-electron chi connectivity index (χ3n) is 7.07. The van der Waals surface area contributed by atoms with Crippen LogP contribution in [-0.4, -0.2) is 36.7 Å². The molecule has 0 spiro atoms. The Labute approximate surface area is 225 Å². The first-order valence-electron chi connectivity index (χ1n) is 12.8. The van der Waals surface area contributed by atoms with E-state index in [1.165, 1.54) is 6.26 Å².